The van der Waals surface area contributed by atoms with Crippen LogP contribution in [0.25, 0.3) is 0 Å². The molecule has 4 N–H and O–H groups in total. The molecular weight excluding hydrogens is 486 g/mol. The van der Waals surface area contributed by atoms with Crippen LogP contribution in [0.2, 0.25) is 0 Å². The van der Waals surface area contributed by atoms with E-state index in [0.717, 1.165) is 0 Å². The van der Waals surface area contributed by atoms with Crippen LogP contribution < -0.4 is 0 Å². The van der Waals surface area contributed by atoms with Crippen molar-refractivity contribution in [1.29, 1.82) is 0 Å². The van der Waals surface area contributed by atoms with Gasteiger partial charge in [-0.05, 0) is 6.42 Å². The lowest BCUT2D eigenvalue weighted by Gasteiger charge is -2.16. The van der Waals surface area contributed by atoms with Gasteiger partial charge in [0.2, 0.25) is 0 Å². The predicted octanol–water partition coefficient (Wildman–Crippen LogP) is 2.57. The molecule has 0 saturated heterocycles. The highest BCUT2D eigenvalue weighted by atomic mass is 31.2. The third-order valence-electron chi connectivity index (χ3n) is 4.28. The molecule has 0 aliphatic heterocycles. The van der Waals surface area contributed by atoms with Gasteiger partial charge in [-0.1, -0.05) is 48.5 Å². The van der Waals surface area contributed by atoms with Crippen molar-refractivity contribution in [2.24, 2.45) is 0 Å². The molecule has 12 heteroatoms. The fourth-order valence-electron chi connectivity index (χ4n) is 2.72. The number of benzene rings is 2. The number of fused-ring (bicyclic) bond motifs is 2. The summed E-state index contributed by atoms with van der Waals surface area (Å²) in [5.41, 5.74) is 2.02. The molecular formula is C22H30O10P2. The Balaban J connectivity index is 0.000000279. The summed E-state index contributed by atoms with van der Waals surface area (Å²) in [5, 5.41) is 8.21. The van der Waals surface area contributed by atoms with Gasteiger partial charge in [0.1, 0.15) is 6.35 Å². The number of carbonyl (C=O) groups excluding carboxylic acids is 2. The van der Waals surface area contributed by atoms with E-state index in [2.05, 4.69) is 9.26 Å². The average molecular weight is 516 g/mol. The van der Waals surface area contributed by atoms with Crippen LogP contribution in [0, 0.1) is 0 Å². The van der Waals surface area contributed by atoms with Gasteiger partial charge in [0, 0.05) is 43.1 Å². The van der Waals surface area contributed by atoms with E-state index in [-0.39, 0.29) is 37.3 Å². The summed E-state index contributed by atoms with van der Waals surface area (Å²) in [7, 11) is -2.29. The number of rotatable bonds is 9. The largest absolute Gasteiger partial charge is 0.394 e. The third kappa shape index (κ3) is 10.6. The van der Waals surface area contributed by atoms with E-state index in [1.54, 1.807) is 48.5 Å². The standard InChI is InChI=1S/C14H8O2.2C4H11O4P/c15-13-9-5-1-2-6-10(9)14(16)12-8-4-3-7-11(12)13;1-7-9(6)4-8-3-2-5;1-8-3-2-4-9(5,6)7/h1-8H;5-6H,2-4H2,1H3;2-4H2,1H3,(H2,5,6,7). The highest BCUT2D eigenvalue weighted by Crippen LogP contribution is 2.34. The number of hydrogen-bond acceptors (Lipinski definition) is 8. The second-order valence-electron chi connectivity index (χ2n) is 6.78. The van der Waals surface area contributed by atoms with Gasteiger partial charge in [0.15, 0.2) is 19.9 Å². The Morgan fingerprint density at radius 1 is 0.853 bits per heavy atom. The minimum atomic E-state index is -3.78. The van der Waals surface area contributed by atoms with Crippen molar-refractivity contribution in [3.63, 3.8) is 0 Å². The van der Waals surface area contributed by atoms with E-state index >= 15 is 0 Å². The number of hydrogen-bond donors (Lipinski definition) is 4. The molecule has 0 fully saturated rings. The molecule has 1 atom stereocenters. The van der Waals surface area contributed by atoms with Crippen molar-refractivity contribution < 1.29 is 47.9 Å². The number of ether oxygens (including phenoxy) is 2. The van der Waals surface area contributed by atoms with E-state index in [4.69, 9.17) is 24.5 Å². The zero-order valence-corrected chi connectivity index (χ0v) is 20.8. The highest BCUT2D eigenvalue weighted by Gasteiger charge is 2.28. The molecule has 188 valence electrons. The van der Waals surface area contributed by atoms with E-state index in [0.29, 0.717) is 35.3 Å². The Morgan fingerprint density at radius 2 is 1.29 bits per heavy atom. The Bertz CT molecular complexity index is 855. The monoisotopic (exact) mass is 516 g/mol. The van der Waals surface area contributed by atoms with E-state index in [1.807, 2.05) is 0 Å². The highest BCUT2D eigenvalue weighted by molar-refractivity contribution is 7.51. The maximum absolute atomic E-state index is 12.1. The van der Waals surface area contributed by atoms with Crippen molar-refractivity contribution >= 4 is 27.5 Å². The van der Waals surface area contributed by atoms with Gasteiger partial charge in [-0.15, -0.1) is 0 Å². The lowest BCUT2D eigenvalue weighted by molar-refractivity contribution is 0.0979. The topological polar surface area (TPSA) is 160 Å². The second-order valence-corrected chi connectivity index (χ2v) is 9.88. The number of ketones is 2. The normalized spacial score (nSPS) is 13.0. The fourth-order valence-corrected chi connectivity index (χ4v) is 3.65. The molecule has 0 spiro atoms. The van der Waals surface area contributed by atoms with Crippen LogP contribution in [0.1, 0.15) is 38.3 Å². The SMILES string of the molecule is COCCCP(=O)(O)O.COP(O)COCCO.O=C1c2ccccc2C(=O)c2ccccc21. The maximum Gasteiger partial charge on any atom is 0.325 e. The van der Waals surface area contributed by atoms with Gasteiger partial charge in [0.05, 0.1) is 19.4 Å². The first-order valence-corrected chi connectivity index (χ1v) is 13.4. The molecule has 0 saturated carbocycles. The summed E-state index contributed by atoms with van der Waals surface area (Å²) in [4.78, 5) is 49.5. The quantitative estimate of drug-likeness (QED) is 0.246. The number of aliphatic hydroxyl groups excluding tert-OH is 1. The van der Waals surface area contributed by atoms with Gasteiger partial charge >= 0.3 is 7.60 Å². The molecule has 2 aromatic carbocycles. The number of aliphatic hydroxyl groups is 1. The fraction of sp³-hybridized carbons (Fsp3) is 0.364. The van der Waals surface area contributed by atoms with Crippen molar-refractivity contribution in [3.8, 4) is 0 Å². The van der Waals surface area contributed by atoms with Crippen LogP contribution in [0.15, 0.2) is 48.5 Å². The van der Waals surface area contributed by atoms with Crippen LogP contribution in [-0.4, -0.2) is 77.9 Å². The molecule has 0 aromatic heterocycles. The lowest BCUT2D eigenvalue weighted by atomic mass is 9.84. The van der Waals surface area contributed by atoms with Crippen molar-refractivity contribution in [2.75, 3.05) is 46.6 Å². The van der Waals surface area contributed by atoms with Crippen LogP contribution in [0.5, 0.6) is 0 Å². The van der Waals surface area contributed by atoms with Crippen LogP contribution >= 0.6 is 16.0 Å². The summed E-state index contributed by atoms with van der Waals surface area (Å²) >= 11 is 0. The Labute approximate surface area is 199 Å². The summed E-state index contributed by atoms with van der Waals surface area (Å²) in [6, 6.07) is 13.9. The first kappa shape index (κ1) is 30.2. The van der Waals surface area contributed by atoms with Gasteiger partial charge in [-0.2, -0.15) is 0 Å². The molecule has 1 aliphatic carbocycles. The lowest BCUT2D eigenvalue weighted by Crippen LogP contribution is -2.20. The second kappa shape index (κ2) is 15.9. The average Bonchev–Trinajstić information content (AvgIpc) is 2.83. The molecule has 34 heavy (non-hydrogen) atoms. The summed E-state index contributed by atoms with van der Waals surface area (Å²) in [5.74, 6) is -0.128. The van der Waals surface area contributed by atoms with Crippen LogP contribution in [0.3, 0.4) is 0 Å². The van der Waals surface area contributed by atoms with E-state index < -0.39 is 16.0 Å². The Hall–Kier alpha value is -1.84. The Kier molecular flexibility index (Phi) is 14.2. The van der Waals surface area contributed by atoms with Gasteiger partial charge < -0.3 is 33.8 Å². The molecule has 0 heterocycles. The number of methoxy groups -OCH3 is 1. The van der Waals surface area contributed by atoms with Crippen LogP contribution in [-0.2, 0) is 18.6 Å². The summed E-state index contributed by atoms with van der Waals surface area (Å²) < 4.78 is 24.0. The molecule has 0 radical (unpaired) electrons. The summed E-state index contributed by atoms with van der Waals surface area (Å²) in [6.07, 6.45) is 0.508. The minimum absolute atomic E-state index is 0.0209. The first-order valence-electron chi connectivity index (χ1n) is 10.2. The molecule has 10 nitrogen and oxygen atoms in total. The van der Waals surface area contributed by atoms with Gasteiger partial charge in [0.25, 0.3) is 0 Å². The number of carbonyl (C=O) groups is 2. The zero-order chi connectivity index (χ0) is 25.6. The van der Waals surface area contributed by atoms with E-state index in [1.165, 1.54) is 14.2 Å². The Morgan fingerprint density at radius 3 is 1.62 bits per heavy atom. The molecule has 0 bridgehead atoms. The van der Waals surface area contributed by atoms with E-state index in [9.17, 15) is 14.2 Å². The molecule has 2 aromatic rings. The zero-order valence-electron chi connectivity index (χ0n) is 19.0. The maximum atomic E-state index is 12.1. The first-order chi connectivity index (χ1) is 16.2. The smallest absolute Gasteiger partial charge is 0.325 e. The van der Waals surface area contributed by atoms with Crippen molar-refractivity contribution in [3.05, 3.63) is 70.8 Å². The summed E-state index contributed by atoms with van der Waals surface area (Å²) in [6.45, 7) is 0.640. The molecule has 1 unspecified atom stereocenters. The van der Waals surface area contributed by atoms with Crippen molar-refractivity contribution in [1.82, 2.24) is 0 Å². The van der Waals surface area contributed by atoms with Gasteiger partial charge in [-0.25, -0.2) is 0 Å². The minimum Gasteiger partial charge on any atom is -0.394 e. The molecule has 0 amide bonds. The predicted molar refractivity (Wildman–Crippen MR) is 127 cm³/mol. The third-order valence-corrected chi connectivity index (χ3v) is 6.00. The van der Waals surface area contributed by atoms with Crippen molar-refractivity contribution in [2.45, 2.75) is 6.42 Å². The van der Waals surface area contributed by atoms with Crippen LogP contribution in [0.4, 0.5) is 0 Å². The van der Waals surface area contributed by atoms with Gasteiger partial charge in [-0.3, -0.25) is 14.2 Å². The molecule has 1 aliphatic rings. The molecule has 3 rings (SSSR count).